The minimum atomic E-state index is -0.873. The summed E-state index contributed by atoms with van der Waals surface area (Å²) in [6, 6.07) is 15.9. The van der Waals surface area contributed by atoms with E-state index in [0.29, 0.717) is 6.42 Å². The van der Waals surface area contributed by atoms with Gasteiger partial charge in [0.25, 0.3) is 0 Å². The Bertz CT molecular complexity index is 627. The molecule has 0 saturated heterocycles. The fourth-order valence-corrected chi connectivity index (χ4v) is 3.57. The highest BCUT2D eigenvalue weighted by Gasteiger charge is 2.48. The molecule has 0 amide bonds. The molecule has 1 N–H and O–H groups in total. The Balaban J connectivity index is 2.20. The molecule has 0 aliphatic heterocycles. The summed E-state index contributed by atoms with van der Waals surface area (Å²) >= 11 is 0. The molecular weight excluding hydrogens is 260 g/mol. The number of benzene rings is 2. The second-order valence-corrected chi connectivity index (χ2v) is 5.76. The van der Waals surface area contributed by atoms with Crippen molar-refractivity contribution < 1.29 is 9.90 Å². The molecule has 0 bridgehead atoms. The van der Waals surface area contributed by atoms with Crippen LogP contribution >= 0.6 is 0 Å². The molecule has 0 aromatic heterocycles. The Morgan fingerprint density at radius 2 is 1.48 bits per heavy atom. The highest BCUT2D eigenvalue weighted by Crippen LogP contribution is 2.51. The van der Waals surface area contributed by atoms with Crippen LogP contribution in [0.2, 0.25) is 0 Å². The van der Waals surface area contributed by atoms with Crippen LogP contribution in [-0.4, -0.2) is 11.1 Å². The summed E-state index contributed by atoms with van der Waals surface area (Å²) in [5.41, 5.74) is 3.19. The first-order valence-corrected chi connectivity index (χ1v) is 7.64. The van der Waals surface area contributed by atoms with E-state index in [1.54, 1.807) is 0 Å². The van der Waals surface area contributed by atoms with Crippen LogP contribution in [0, 0.1) is 0 Å². The number of carboxylic acid groups (broad SMARTS) is 1. The lowest BCUT2D eigenvalue weighted by Crippen LogP contribution is -2.35. The monoisotopic (exact) mass is 280 g/mol. The van der Waals surface area contributed by atoms with Gasteiger partial charge in [0.2, 0.25) is 0 Å². The van der Waals surface area contributed by atoms with E-state index in [0.717, 1.165) is 41.5 Å². The third-order valence-electron chi connectivity index (χ3n) is 4.58. The quantitative estimate of drug-likeness (QED) is 0.811. The fourth-order valence-electron chi connectivity index (χ4n) is 3.57. The number of rotatable bonds is 5. The largest absolute Gasteiger partial charge is 0.480 e. The zero-order chi connectivity index (χ0) is 14.9. The highest BCUT2D eigenvalue weighted by atomic mass is 16.4. The molecule has 0 unspecified atom stereocenters. The molecule has 1 aliphatic rings. The van der Waals surface area contributed by atoms with Crippen molar-refractivity contribution in [2.24, 2.45) is 0 Å². The summed E-state index contributed by atoms with van der Waals surface area (Å²) in [5, 5.41) is 10.1. The van der Waals surface area contributed by atoms with Crippen molar-refractivity contribution in [2.75, 3.05) is 0 Å². The van der Waals surface area contributed by atoms with E-state index < -0.39 is 11.4 Å². The normalized spacial score (nSPS) is 14.5. The molecule has 2 aromatic carbocycles. The topological polar surface area (TPSA) is 37.3 Å². The van der Waals surface area contributed by atoms with E-state index in [-0.39, 0.29) is 0 Å². The number of fused-ring (bicyclic) bond motifs is 3. The molecule has 1 aliphatic carbocycles. The first-order valence-electron chi connectivity index (χ1n) is 7.64. The first-order chi connectivity index (χ1) is 10.2. The number of unbranched alkanes of at least 4 members (excludes halogenated alkanes) is 2. The molecule has 2 heteroatoms. The van der Waals surface area contributed by atoms with Gasteiger partial charge in [0.1, 0.15) is 5.41 Å². The zero-order valence-electron chi connectivity index (χ0n) is 12.3. The van der Waals surface area contributed by atoms with Gasteiger partial charge in [-0.05, 0) is 28.7 Å². The molecular formula is C19H20O2. The summed E-state index contributed by atoms with van der Waals surface area (Å²) < 4.78 is 0. The predicted molar refractivity (Wildman–Crippen MR) is 84.4 cm³/mol. The Morgan fingerprint density at radius 1 is 0.952 bits per heavy atom. The minimum absolute atomic E-state index is 0.671. The third kappa shape index (κ3) is 1.98. The van der Waals surface area contributed by atoms with Gasteiger partial charge in [-0.3, -0.25) is 4.79 Å². The smallest absolute Gasteiger partial charge is 0.318 e. The molecule has 0 radical (unpaired) electrons. The van der Waals surface area contributed by atoms with Crippen molar-refractivity contribution in [1.82, 2.24) is 0 Å². The van der Waals surface area contributed by atoms with Gasteiger partial charge in [-0.15, -0.1) is 0 Å². The van der Waals surface area contributed by atoms with Crippen LogP contribution in [0.5, 0.6) is 0 Å². The molecule has 2 nitrogen and oxygen atoms in total. The summed E-state index contributed by atoms with van der Waals surface area (Å²) in [7, 11) is 0. The molecule has 3 rings (SSSR count). The third-order valence-corrected chi connectivity index (χ3v) is 4.58. The summed E-state index contributed by atoms with van der Waals surface area (Å²) in [6.45, 7) is 2.14. The maximum absolute atomic E-state index is 12.2. The van der Waals surface area contributed by atoms with Crippen LogP contribution in [0.25, 0.3) is 11.1 Å². The van der Waals surface area contributed by atoms with E-state index in [9.17, 15) is 9.90 Å². The van der Waals surface area contributed by atoms with Crippen molar-refractivity contribution in [3.63, 3.8) is 0 Å². The molecule has 0 saturated carbocycles. The van der Waals surface area contributed by atoms with E-state index in [2.05, 4.69) is 6.92 Å². The van der Waals surface area contributed by atoms with Gasteiger partial charge in [0.15, 0.2) is 0 Å². The first kappa shape index (κ1) is 13.9. The van der Waals surface area contributed by atoms with Crippen LogP contribution in [0.4, 0.5) is 0 Å². The standard InChI is InChI=1S/C19H20O2/c1-2-3-8-13-19(18(20)21)16-11-6-4-9-14(16)15-10-5-7-12-17(15)19/h4-7,9-12H,2-3,8,13H2,1H3,(H,20,21). The van der Waals surface area contributed by atoms with Gasteiger partial charge in [0, 0.05) is 0 Å². The summed E-state index contributed by atoms with van der Waals surface area (Å²) in [4.78, 5) is 12.2. The average molecular weight is 280 g/mol. The van der Waals surface area contributed by atoms with Crippen molar-refractivity contribution >= 4 is 5.97 Å². The molecule has 21 heavy (non-hydrogen) atoms. The van der Waals surface area contributed by atoms with Crippen molar-refractivity contribution in [3.05, 3.63) is 59.7 Å². The summed E-state index contributed by atoms with van der Waals surface area (Å²) in [6.07, 6.45) is 3.77. The summed E-state index contributed by atoms with van der Waals surface area (Å²) in [5.74, 6) is -0.726. The van der Waals surface area contributed by atoms with Gasteiger partial charge in [-0.25, -0.2) is 0 Å². The minimum Gasteiger partial charge on any atom is -0.480 e. The van der Waals surface area contributed by atoms with Crippen molar-refractivity contribution in [3.8, 4) is 11.1 Å². The Hall–Kier alpha value is -2.09. The molecule has 0 spiro atoms. The number of hydrogen-bond acceptors (Lipinski definition) is 1. The zero-order valence-corrected chi connectivity index (χ0v) is 12.3. The second kappa shape index (κ2) is 5.36. The van der Waals surface area contributed by atoms with E-state index in [1.807, 2.05) is 48.5 Å². The Morgan fingerprint density at radius 3 is 1.95 bits per heavy atom. The number of carboxylic acids is 1. The van der Waals surface area contributed by atoms with Crippen LogP contribution in [0.3, 0.4) is 0 Å². The van der Waals surface area contributed by atoms with Gasteiger partial charge < -0.3 is 5.11 Å². The SMILES string of the molecule is CCCCCC1(C(=O)O)c2ccccc2-c2ccccc21. The van der Waals surface area contributed by atoms with E-state index >= 15 is 0 Å². The molecule has 0 heterocycles. The van der Waals surface area contributed by atoms with Gasteiger partial charge in [0.05, 0.1) is 0 Å². The lowest BCUT2D eigenvalue weighted by Gasteiger charge is -2.27. The second-order valence-electron chi connectivity index (χ2n) is 5.76. The van der Waals surface area contributed by atoms with Crippen LogP contribution in [0.1, 0.15) is 43.7 Å². The van der Waals surface area contributed by atoms with E-state index in [4.69, 9.17) is 0 Å². The van der Waals surface area contributed by atoms with Gasteiger partial charge in [-0.1, -0.05) is 74.7 Å². The van der Waals surface area contributed by atoms with Crippen LogP contribution in [0.15, 0.2) is 48.5 Å². The lowest BCUT2D eigenvalue weighted by molar-refractivity contribution is -0.142. The number of carbonyl (C=O) groups is 1. The van der Waals surface area contributed by atoms with Crippen molar-refractivity contribution in [2.45, 2.75) is 38.0 Å². The molecule has 0 fully saturated rings. The molecule has 0 atom stereocenters. The van der Waals surface area contributed by atoms with Gasteiger partial charge in [-0.2, -0.15) is 0 Å². The van der Waals surface area contributed by atoms with E-state index in [1.165, 1.54) is 0 Å². The Kier molecular flexibility index (Phi) is 3.54. The van der Waals surface area contributed by atoms with Crippen molar-refractivity contribution in [1.29, 1.82) is 0 Å². The molecule has 2 aromatic rings. The number of aliphatic carboxylic acids is 1. The average Bonchev–Trinajstić information content (AvgIpc) is 2.80. The lowest BCUT2D eigenvalue weighted by atomic mass is 9.74. The number of hydrogen-bond donors (Lipinski definition) is 1. The molecule has 108 valence electrons. The highest BCUT2D eigenvalue weighted by molar-refractivity contribution is 5.97. The predicted octanol–water partition coefficient (Wildman–Crippen LogP) is 4.62. The Labute approximate surface area is 125 Å². The fraction of sp³-hybridized carbons (Fsp3) is 0.316. The maximum Gasteiger partial charge on any atom is 0.318 e. The maximum atomic E-state index is 12.2. The van der Waals surface area contributed by atoms with Crippen LogP contribution < -0.4 is 0 Å². The van der Waals surface area contributed by atoms with Crippen LogP contribution in [-0.2, 0) is 10.2 Å². The van der Waals surface area contributed by atoms with Gasteiger partial charge >= 0.3 is 5.97 Å².